The molecule has 0 atom stereocenters. The molecule has 1 amide bonds. The summed E-state index contributed by atoms with van der Waals surface area (Å²) < 4.78 is 0. The monoisotopic (exact) mass is 219 g/mol. The van der Waals surface area contributed by atoms with Crippen LogP contribution in [0.15, 0.2) is 24.5 Å². The number of aromatic nitrogens is 1. The molecule has 1 aliphatic heterocycles. The van der Waals surface area contributed by atoms with Crippen LogP contribution in [0.4, 0.5) is 0 Å². The van der Waals surface area contributed by atoms with Crippen LogP contribution in [0, 0.1) is 0 Å². The minimum Gasteiger partial charge on any atom is -0.338 e. The zero-order valence-electron chi connectivity index (χ0n) is 9.35. The zero-order valence-corrected chi connectivity index (χ0v) is 9.35. The van der Waals surface area contributed by atoms with Crippen LogP contribution in [0.2, 0.25) is 0 Å². The van der Waals surface area contributed by atoms with Gasteiger partial charge in [-0.3, -0.25) is 9.78 Å². The van der Waals surface area contributed by atoms with Crippen LogP contribution in [-0.4, -0.2) is 35.4 Å². The van der Waals surface area contributed by atoms with Crippen molar-refractivity contribution in [3.63, 3.8) is 0 Å². The summed E-state index contributed by atoms with van der Waals surface area (Å²) in [5.41, 5.74) is 1.15. The molecule has 0 saturated carbocycles. The maximum Gasteiger partial charge on any atom is 0.224 e. The fourth-order valence-corrected chi connectivity index (χ4v) is 1.87. The van der Waals surface area contributed by atoms with Crippen molar-refractivity contribution in [2.75, 3.05) is 19.6 Å². The Hall–Kier alpha value is -1.42. The van der Waals surface area contributed by atoms with E-state index < -0.39 is 0 Å². The van der Waals surface area contributed by atoms with E-state index in [-0.39, 0.29) is 5.91 Å². The van der Waals surface area contributed by atoms with Crippen LogP contribution in [0.5, 0.6) is 0 Å². The Bertz CT molecular complexity index is 339. The van der Waals surface area contributed by atoms with Crippen LogP contribution in [-0.2, 0) is 11.3 Å². The second-order valence-electron chi connectivity index (χ2n) is 4.02. The van der Waals surface area contributed by atoms with E-state index in [2.05, 4.69) is 10.3 Å². The Morgan fingerprint density at radius 1 is 1.31 bits per heavy atom. The topological polar surface area (TPSA) is 45.2 Å². The van der Waals surface area contributed by atoms with Crippen LogP contribution < -0.4 is 5.32 Å². The number of rotatable bonds is 2. The zero-order chi connectivity index (χ0) is 11.2. The lowest BCUT2D eigenvalue weighted by Gasteiger charge is -2.25. The lowest BCUT2D eigenvalue weighted by atomic mass is 10.2. The molecule has 0 bridgehead atoms. The summed E-state index contributed by atoms with van der Waals surface area (Å²) in [4.78, 5) is 17.8. The average Bonchev–Trinajstić information content (AvgIpc) is 2.30. The molecule has 1 aromatic rings. The molecule has 4 heteroatoms. The Balaban J connectivity index is 1.98. The van der Waals surface area contributed by atoms with Gasteiger partial charge in [0.15, 0.2) is 0 Å². The molecule has 0 aliphatic carbocycles. The number of carbonyl (C=O) groups is 1. The summed E-state index contributed by atoms with van der Waals surface area (Å²) in [5.74, 6) is 0.240. The molecule has 0 radical (unpaired) electrons. The first kappa shape index (κ1) is 11.1. The summed E-state index contributed by atoms with van der Waals surface area (Å²) >= 11 is 0. The molecule has 1 aliphatic rings. The fourth-order valence-electron chi connectivity index (χ4n) is 1.87. The largest absolute Gasteiger partial charge is 0.338 e. The lowest BCUT2D eigenvalue weighted by Crippen LogP contribution is -2.37. The third-order valence-corrected chi connectivity index (χ3v) is 2.77. The van der Waals surface area contributed by atoms with Crippen molar-refractivity contribution in [3.05, 3.63) is 30.1 Å². The van der Waals surface area contributed by atoms with E-state index in [1.165, 1.54) is 0 Å². The normalized spacial score (nSPS) is 18.0. The first-order valence-corrected chi connectivity index (χ1v) is 5.73. The summed E-state index contributed by atoms with van der Waals surface area (Å²) in [6.45, 7) is 3.35. The van der Waals surface area contributed by atoms with Crippen LogP contribution in [0.25, 0.3) is 0 Å². The van der Waals surface area contributed by atoms with Gasteiger partial charge in [-0.15, -0.1) is 0 Å². The van der Waals surface area contributed by atoms with Gasteiger partial charge in [0.05, 0.1) is 0 Å². The van der Waals surface area contributed by atoms with E-state index in [9.17, 15) is 4.79 Å². The first-order valence-electron chi connectivity index (χ1n) is 5.73. The summed E-state index contributed by atoms with van der Waals surface area (Å²) in [5, 5.41) is 3.24. The Morgan fingerprint density at radius 3 is 2.94 bits per heavy atom. The molecule has 86 valence electrons. The van der Waals surface area contributed by atoms with Gasteiger partial charge in [-0.2, -0.15) is 0 Å². The van der Waals surface area contributed by atoms with Gasteiger partial charge in [0.1, 0.15) is 0 Å². The smallest absolute Gasteiger partial charge is 0.224 e. The molecule has 1 N–H and O–H groups in total. The Morgan fingerprint density at radius 2 is 2.12 bits per heavy atom. The van der Waals surface area contributed by atoms with Crippen molar-refractivity contribution in [1.82, 2.24) is 15.2 Å². The Kier molecular flexibility index (Phi) is 3.88. The quantitative estimate of drug-likeness (QED) is 0.800. The molecule has 0 unspecified atom stereocenters. The van der Waals surface area contributed by atoms with Gasteiger partial charge in [-0.1, -0.05) is 0 Å². The van der Waals surface area contributed by atoms with Crippen molar-refractivity contribution in [2.45, 2.75) is 19.4 Å². The van der Waals surface area contributed by atoms with E-state index >= 15 is 0 Å². The maximum atomic E-state index is 11.8. The van der Waals surface area contributed by atoms with Gasteiger partial charge < -0.3 is 10.2 Å². The highest BCUT2D eigenvalue weighted by molar-refractivity contribution is 5.76. The highest BCUT2D eigenvalue weighted by Gasteiger charge is 2.15. The van der Waals surface area contributed by atoms with Gasteiger partial charge in [-0.25, -0.2) is 0 Å². The molecule has 16 heavy (non-hydrogen) atoms. The SMILES string of the molecule is O=C1CCNCCCN1Cc1ccncc1. The van der Waals surface area contributed by atoms with E-state index in [1.54, 1.807) is 12.4 Å². The van der Waals surface area contributed by atoms with Crippen molar-refractivity contribution in [3.8, 4) is 0 Å². The number of hydrogen-bond acceptors (Lipinski definition) is 3. The van der Waals surface area contributed by atoms with E-state index in [1.807, 2.05) is 17.0 Å². The minimum absolute atomic E-state index is 0.240. The maximum absolute atomic E-state index is 11.8. The van der Waals surface area contributed by atoms with Gasteiger partial charge in [0, 0.05) is 38.4 Å². The molecular formula is C12H17N3O. The number of pyridine rings is 1. The van der Waals surface area contributed by atoms with Crippen molar-refractivity contribution in [2.24, 2.45) is 0 Å². The second kappa shape index (κ2) is 5.61. The van der Waals surface area contributed by atoms with Crippen LogP contribution in [0.3, 0.4) is 0 Å². The third kappa shape index (κ3) is 3.03. The van der Waals surface area contributed by atoms with Crippen molar-refractivity contribution >= 4 is 5.91 Å². The van der Waals surface area contributed by atoms with Crippen LogP contribution >= 0.6 is 0 Å². The highest BCUT2D eigenvalue weighted by atomic mass is 16.2. The molecule has 1 fully saturated rings. The molecular weight excluding hydrogens is 202 g/mol. The van der Waals surface area contributed by atoms with Gasteiger partial charge in [-0.05, 0) is 30.7 Å². The van der Waals surface area contributed by atoms with Crippen molar-refractivity contribution in [1.29, 1.82) is 0 Å². The number of hydrogen-bond donors (Lipinski definition) is 1. The van der Waals surface area contributed by atoms with Crippen LogP contribution in [0.1, 0.15) is 18.4 Å². The van der Waals surface area contributed by atoms with E-state index in [0.717, 1.165) is 31.6 Å². The molecule has 0 spiro atoms. The van der Waals surface area contributed by atoms with E-state index in [0.29, 0.717) is 13.0 Å². The minimum atomic E-state index is 0.240. The summed E-state index contributed by atoms with van der Waals surface area (Å²) in [6.07, 6.45) is 5.17. The number of nitrogens with one attached hydrogen (secondary N) is 1. The standard InChI is InChI=1S/C12H17N3O/c16-12-4-8-13-5-1-9-15(12)10-11-2-6-14-7-3-11/h2-3,6-7,13H,1,4-5,8-10H2. The number of amides is 1. The summed E-state index contributed by atoms with van der Waals surface area (Å²) in [7, 11) is 0. The van der Waals surface area contributed by atoms with Gasteiger partial charge >= 0.3 is 0 Å². The molecule has 1 saturated heterocycles. The predicted octanol–water partition coefficient (Wildman–Crippen LogP) is 0.794. The number of nitrogens with zero attached hydrogens (tertiary/aromatic N) is 2. The molecule has 1 aromatic heterocycles. The molecule has 0 aromatic carbocycles. The Labute approximate surface area is 95.7 Å². The first-order chi connectivity index (χ1) is 7.86. The fraction of sp³-hybridized carbons (Fsp3) is 0.500. The number of carbonyl (C=O) groups excluding carboxylic acids is 1. The lowest BCUT2D eigenvalue weighted by molar-refractivity contribution is -0.132. The van der Waals surface area contributed by atoms with E-state index in [4.69, 9.17) is 0 Å². The molecule has 2 heterocycles. The van der Waals surface area contributed by atoms with Gasteiger partial charge in [0.25, 0.3) is 0 Å². The third-order valence-electron chi connectivity index (χ3n) is 2.77. The van der Waals surface area contributed by atoms with Gasteiger partial charge in [0.2, 0.25) is 5.91 Å². The second-order valence-corrected chi connectivity index (χ2v) is 4.02. The highest BCUT2D eigenvalue weighted by Crippen LogP contribution is 2.07. The average molecular weight is 219 g/mol. The molecule has 2 rings (SSSR count). The predicted molar refractivity (Wildman–Crippen MR) is 61.8 cm³/mol. The van der Waals surface area contributed by atoms with Crippen molar-refractivity contribution < 1.29 is 4.79 Å². The summed E-state index contributed by atoms with van der Waals surface area (Å²) in [6, 6.07) is 3.93. The molecule has 4 nitrogen and oxygen atoms in total.